The van der Waals surface area contributed by atoms with Gasteiger partial charge in [-0.1, -0.05) is 36.4 Å². The van der Waals surface area contributed by atoms with E-state index in [1.54, 1.807) is 21.8 Å². The Bertz CT molecular complexity index is 957. The summed E-state index contributed by atoms with van der Waals surface area (Å²) in [6.07, 6.45) is 4.18. The van der Waals surface area contributed by atoms with Crippen LogP contribution in [0.4, 0.5) is 0 Å². The number of nitrogens with zero attached hydrogens (tertiary/aromatic N) is 3. The first-order chi connectivity index (χ1) is 12.6. The molecule has 1 aliphatic rings. The van der Waals surface area contributed by atoms with Crippen LogP contribution in [0.25, 0.3) is 5.52 Å². The molecule has 1 aliphatic heterocycles. The fraction of sp³-hybridized carbons (Fsp3) is 0.250. The summed E-state index contributed by atoms with van der Waals surface area (Å²) < 4.78 is 1.67. The monoisotopic (exact) mass is 349 g/mol. The van der Waals surface area contributed by atoms with Crippen molar-refractivity contribution in [2.45, 2.75) is 18.3 Å². The minimum Gasteiger partial charge on any atom is -0.481 e. The van der Waals surface area contributed by atoms with Crippen LogP contribution in [-0.4, -0.2) is 44.6 Å². The lowest BCUT2D eigenvalue weighted by Crippen LogP contribution is -2.49. The second kappa shape index (κ2) is 6.29. The molecule has 1 N–H and O–H groups in total. The maximum atomic E-state index is 12.9. The molecule has 0 unspecified atom stereocenters. The van der Waals surface area contributed by atoms with Crippen LogP contribution in [0.1, 0.15) is 28.8 Å². The van der Waals surface area contributed by atoms with Crippen molar-refractivity contribution in [3.05, 3.63) is 72.1 Å². The number of rotatable bonds is 3. The summed E-state index contributed by atoms with van der Waals surface area (Å²) in [7, 11) is 0. The Kier molecular flexibility index (Phi) is 3.95. The smallest absolute Gasteiger partial charge is 0.314 e. The van der Waals surface area contributed by atoms with Gasteiger partial charge in [0.1, 0.15) is 0 Å². The fourth-order valence-electron chi connectivity index (χ4n) is 3.74. The van der Waals surface area contributed by atoms with Crippen molar-refractivity contribution >= 4 is 17.4 Å². The van der Waals surface area contributed by atoms with E-state index in [1.807, 2.05) is 48.5 Å². The number of aromatic nitrogens is 2. The number of carbonyl (C=O) groups excluding carboxylic acids is 1. The topological polar surface area (TPSA) is 74.9 Å². The lowest BCUT2D eigenvalue weighted by atomic mass is 9.73. The first kappa shape index (κ1) is 16.3. The molecule has 0 bridgehead atoms. The van der Waals surface area contributed by atoms with Crippen LogP contribution in [0.3, 0.4) is 0 Å². The van der Waals surface area contributed by atoms with E-state index < -0.39 is 11.4 Å². The predicted molar refractivity (Wildman–Crippen MR) is 96.1 cm³/mol. The lowest BCUT2D eigenvalue weighted by molar-refractivity contribution is -0.145. The van der Waals surface area contributed by atoms with Gasteiger partial charge in [0, 0.05) is 19.3 Å². The first-order valence-corrected chi connectivity index (χ1v) is 8.62. The highest BCUT2D eigenvalue weighted by Crippen LogP contribution is 2.36. The molecule has 6 nitrogen and oxygen atoms in total. The Morgan fingerprint density at radius 2 is 1.69 bits per heavy atom. The Labute approximate surface area is 150 Å². The van der Waals surface area contributed by atoms with Gasteiger partial charge in [-0.3, -0.25) is 9.59 Å². The van der Waals surface area contributed by atoms with Gasteiger partial charge in [0.2, 0.25) is 0 Å². The summed E-state index contributed by atoms with van der Waals surface area (Å²) in [5.41, 5.74) is 1.18. The predicted octanol–water partition coefficient (Wildman–Crippen LogP) is 2.59. The Hall–Kier alpha value is -3.15. The van der Waals surface area contributed by atoms with E-state index in [1.165, 1.54) is 0 Å². The van der Waals surface area contributed by atoms with Crippen LogP contribution in [0.5, 0.6) is 0 Å². The van der Waals surface area contributed by atoms with Gasteiger partial charge in [-0.2, -0.15) is 5.10 Å². The quantitative estimate of drug-likeness (QED) is 0.789. The molecule has 1 saturated heterocycles. The van der Waals surface area contributed by atoms with Gasteiger partial charge < -0.3 is 10.0 Å². The maximum Gasteiger partial charge on any atom is 0.314 e. The summed E-state index contributed by atoms with van der Waals surface area (Å²) in [5, 5.41) is 14.1. The molecule has 0 saturated carbocycles. The number of hydrogen-bond acceptors (Lipinski definition) is 3. The molecule has 3 heterocycles. The van der Waals surface area contributed by atoms with Crippen molar-refractivity contribution in [2.24, 2.45) is 0 Å². The average Bonchev–Trinajstić information content (AvgIpc) is 3.12. The van der Waals surface area contributed by atoms with Crippen LogP contribution in [0.15, 0.2) is 60.9 Å². The van der Waals surface area contributed by atoms with Crippen molar-refractivity contribution in [3.63, 3.8) is 0 Å². The van der Waals surface area contributed by atoms with Crippen LogP contribution >= 0.6 is 0 Å². The number of carboxylic acid groups (broad SMARTS) is 1. The molecule has 0 radical (unpaired) electrons. The molecule has 1 aromatic carbocycles. The number of amides is 1. The number of aliphatic carboxylic acids is 1. The largest absolute Gasteiger partial charge is 0.481 e. The number of likely N-dealkylation sites (tertiary alicyclic amines) is 1. The zero-order valence-corrected chi connectivity index (χ0v) is 14.2. The molecule has 132 valence electrons. The number of pyridine rings is 1. The highest BCUT2D eigenvalue weighted by molar-refractivity contribution is 6.00. The fourth-order valence-corrected chi connectivity index (χ4v) is 3.74. The van der Waals surface area contributed by atoms with E-state index in [0.29, 0.717) is 31.5 Å². The summed E-state index contributed by atoms with van der Waals surface area (Å²) in [4.78, 5) is 26.7. The van der Waals surface area contributed by atoms with Gasteiger partial charge in [-0.15, -0.1) is 0 Å². The molecule has 1 amide bonds. The zero-order chi connectivity index (χ0) is 18.1. The third-order valence-electron chi connectivity index (χ3n) is 5.30. The van der Waals surface area contributed by atoms with Crippen molar-refractivity contribution < 1.29 is 14.7 Å². The minimum atomic E-state index is -0.931. The van der Waals surface area contributed by atoms with Crippen molar-refractivity contribution in [3.8, 4) is 0 Å². The van der Waals surface area contributed by atoms with Crippen LogP contribution in [0, 0.1) is 0 Å². The molecule has 0 atom stereocenters. The summed E-state index contributed by atoms with van der Waals surface area (Å²) >= 11 is 0. The van der Waals surface area contributed by atoms with Gasteiger partial charge in [-0.25, -0.2) is 4.52 Å². The van der Waals surface area contributed by atoms with Crippen molar-refractivity contribution in [1.82, 2.24) is 14.5 Å². The third-order valence-corrected chi connectivity index (χ3v) is 5.30. The number of carbonyl (C=O) groups is 2. The lowest BCUT2D eigenvalue weighted by Gasteiger charge is -2.39. The molecule has 0 spiro atoms. The summed E-state index contributed by atoms with van der Waals surface area (Å²) in [6.45, 7) is 0.814. The second-order valence-corrected chi connectivity index (χ2v) is 6.63. The maximum absolute atomic E-state index is 12.9. The van der Waals surface area contributed by atoms with Gasteiger partial charge in [0.05, 0.1) is 22.7 Å². The number of hydrogen-bond donors (Lipinski definition) is 1. The summed E-state index contributed by atoms with van der Waals surface area (Å²) in [6, 6.07) is 14.9. The number of carboxylic acids is 1. The van der Waals surface area contributed by atoms with Gasteiger partial charge >= 0.3 is 5.97 Å². The van der Waals surface area contributed by atoms with E-state index in [2.05, 4.69) is 5.10 Å². The normalized spacial score (nSPS) is 16.5. The third kappa shape index (κ3) is 2.54. The molecule has 0 aliphatic carbocycles. The second-order valence-electron chi connectivity index (χ2n) is 6.63. The zero-order valence-electron chi connectivity index (χ0n) is 14.2. The van der Waals surface area contributed by atoms with E-state index in [4.69, 9.17) is 0 Å². The summed E-state index contributed by atoms with van der Waals surface area (Å²) in [5.74, 6) is -0.926. The number of fused-ring (bicyclic) bond motifs is 1. The van der Waals surface area contributed by atoms with Crippen LogP contribution in [-0.2, 0) is 10.2 Å². The molecular weight excluding hydrogens is 330 g/mol. The van der Waals surface area contributed by atoms with Gasteiger partial charge in [0.25, 0.3) is 5.91 Å². The van der Waals surface area contributed by atoms with E-state index >= 15 is 0 Å². The average molecular weight is 349 g/mol. The minimum absolute atomic E-state index is 0.0988. The molecule has 1 fully saturated rings. The molecule has 6 heteroatoms. The van der Waals surface area contributed by atoms with Gasteiger partial charge in [-0.05, 0) is 30.5 Å². The Balaban J connectivity index is 1.58. The van der Waals surface area contributed by atoms with Crippen molar-refractivity contribution in [2.75, 3.05) is 13.1 Å². The van der Waals surface area contributed by atoms with E-state index in [0.717, 1.165) is 11.1 Å². The van der Waals surface area contributed by atoms with E-state index in [9.17, 15) is 14.7 Å². The highest BCUT2D eigenvalue weighted by atomic mass is 16.4. The van der Waals surface area contributed by atoms with Gasteiger partial charge in [0.15, 0.2) is 0 Å². The SMILES string of the molecule is O=C(c1cnn2ccccc12)N1CCC(C(=O)O)(c2ccccc2)CC1. The molecule has 2 aromatic heterocycles. The first-order valence-electron chi connectivity index (χ1n) is 8.62. The standard InChI is InChI=1S/C20H19N3O3/c24-18(16-14-21-23-11-5-4-8-17(16)23)22-12-9-20(10-13-22,19(25)26)15-6-2-1-3-7-15/h1-8,11,14H,9-10,12-13H2,(H,25,26). The highest BCUT2D eigenvalue weighted by Gasteiger charge is 2.44. The number of benzene rings is 1. The van der Waals surface area contributed by atoms with E-state index in [-0.39, 0.29) is 5.91 Å². The molecule has 4 rings (SSSR count). The van der Waals surface area contributed by atoms with Crippen LogP contribution in [0.2, 0.25) is 0 Å². The Morgan fingerprint density at radius 1 is 1.00 bits per heavy atom. The Morgan fingerprint density at radius 3 is 2.38 bits per heavy atom. The van der Waals surface area contributed by atoms with Crippen LogP contribution < -0.4 is 0 Å². The van der Waals surface area contributed by atoms with Crippen molar-refractivity contribution in [1.29, 1.82) is 0 Å². The molecule has 26 heavy (non-hydrogen) atoms. The molecule has 3 aromatic rings. The number of piperidine rings is 1. The molecular formula is C20H19N3O3.